The SMILES string of the molecule is CC(=O)N1CCN(C(=O)CCNC(=O)C2CC3CCC2C3)CC1. The molecule has 0 radical (unpaired) electrons. The highest BCUT2D eigenvalue weighted by Crippen LogP contribution is 2.48. The molecule has 0 aromatic carbocycles. The molecule has 128 valence electrons. The molecule has 2 bridgehead atoms. The third-order valence-electron chi connectivity index (χ3n) is 5.79. The van der Waals surface area contributed by atoms with Gasteiger partial charge in [0.1, 0.15) is 0 Å². The molecule has 0 aromatic rings. The molecule has 23 heavy (non-hydrogen) atoms. The number of hydrogen-bond acceptors (Lipinski definition) is 3. The molecule has 3 unspecified atom stereocenters. The summed E-state index contributed by atoms with van der Waals surface area (Å²) in [6.45, 7) is 4.40. The molecule has 0 aromatic heterocycles. The van der Waals surface area contributed by atoms with E-state index in [0.717, 1.165) is 12.3 Å². The summed E-state index contributed by atoms with van der Waals surface area (Å²) < 4.78 is 0. The third-order valence-corrected chi connectivity index (χ3v) is 5.79. The standard InChI is InChI=1S/C17H27N3O3/c1-12(21)19-6-8-20(9-7-19)16(22)4-5-18-17(23)15-11-13-2-3-14(15)10-13/h13-15H,2-11H2,1H3,(H,18,23). The predicted molar refractivity (Wildman–Crippen MR) is 85.4 cm³/mol. The summed E-state index contributed by atoms with van der Waals surface area (Å²) in [5, 5.41) is 2.96. The minimum absolute atomic E-state index is 0.0650. The second kappa shape index (κ2) is 6.89. The van der Waals surface area contributed by atoms with Crippen molar-refractivity contribution in [3.8, 4) is 0 Å². The maximum Gasteiger partial charge on any atom is 0.224 e. The van der Waals surface area contributed by atoms with Crippen LogP contribution < -0.4 is 5.32 Å². The highest BCUT2D eigenvalue weighted by Gasteiger charge is 2.42. The Balaban J connectivity index is 1.35. The van der Waals surface area contributed by atoms with Crippen molar-refractivity contribution in [1.29, 1.82) is 0 Å². The van der Waals surface area contributed by atoms with E-state index < -0.39 is 0 Å². The van der Waals surface area contributed by atoms with E-state index in [9.17, 15) is 14.4 Å². The number of hydrogen-bond donors (Lipinski definition) is 1. The van der Waals surface area contributed by atoms with E-state index in [4.69, 9.17) is 0 Å². The summed E-state index contributed by atoms with van der Waals surface area (Å²) >= 11 is 0. The van der Waals surface area contributed by atoms with Crippen LogP contribution in [0.25, 0.3) is 0 Å². The van der Waals surface area contributed by atoms with Gasteiger partial charge in [-0.25, -0.2) is 0 Å². The van der Waals surface area contributed by atoms with E-state index >= 15 is 0 Å². The Kier molecular flexibility index (Phi) is 4.87. The highest BCUT2D eigenvalue weighted by molar-refractivity contribution is 5.81. The van der Waals surface area contributed by atoms with E-state index in [1.165, 1.54) is 19.3 Å². The van der Waals surface area contributed by atoms with E-state index in [1.807, 2.05) is 0 Å². The maximum absolute atomic E-state index is 12.2. The fourth-order valence-electron chi connectivity index (χ4n) is 4.42. The van der Waals surface area contributed by atoms with Gasteiger partial charge in [0.15, 0.2) is 0 Å². The van der Waals surface area contributed by atoms with Crippen LogP contribution in [0.3, 0.4) is 0 Å². The minimum atomic E-state index is 0.0650. The quantitative estimate of drug-likeness (QED) is 0.825. The predicted octanol–water partition coefficient (Wildman–Crippen LogP) is 0.620. The van der Waals surface area contributed by atoms with Crippen molar-refractivity contribution in [3.05, 3.63) is 0 Å². The van der Waals surface area contributed by atoms with Gasteiger partial charge in [-0.3, -0.25) is 14.4 Å². The van der Waals surface area contributed by atoms with Gasteiger partial charge in [0.05, 0.1) is 0 Å². The Bertz CT molecular complexity index is 485. The van der Waals surface area contributed by atoms with Crippen LogP contribution in [0.15, 0.2) is 0 Å². The van der Waals surface area contributed by atoms with Crippen LogP contribution in [0.2, 0.25) is 0 Å². The molecular formula is C17H27N3O3. The average Bonchev–Trinajstić information content (AvgIpc) is 3.17. The van der Waals surface area contributed by atoms with E-state index in [-0.39, 0.29) is 23.6 Å². The second-order valence-electron chi connectivity index (χ2n) is 7.21. The van der Waals surface area contributed by atoms with Gasteiger partial charge >= 0.3 is 0 Å². The lowest BCUT2D eigenvalue weighted by atomic mass is 9.88. The Morgan fingerprint density at radius 1 is 1.00 bits per heavy atom. The van der Waals surface area contributed by atoms with Crippen LogP contribution in [0.1, 0.15) is 39.0 Å². The second-order valence-corrected chi connectivity index (χ2v) is 7.21. The van der Waals surface area contributed by atoms with Crippen molar-refractivity contribution in [2.45, 2.75) is 39.0 Å². The largest absolute Gasteiger partial charge is 0.355 e. The fraction of sp³-hybridized carbons (Fsp3) is 0.824. The zero-order valence-electron chi connectivity index (χ0n) is 13.9. The Morgan fingerprint density at radius 3 is 2.26 bits per heavy atom. The molecule has 1 aliphatic heterocycles. The van der Waals surface area contributed by atoms with Gasteiger partial charge in [0.2, 0.25) is 17.7 Å². The van der Waals surface area contributed by atoms with Crippen LogP contribution in [0.4, 0.5) is 0 Å². The summed E-state index contributed by atoms with van der Waals surface area (Å²) in [4.78, 5) is 39.2. The van der Waals surface area contributed by atoms with Crippen LogP contribution in [-0.4, -0.2) is 60.2 Å². The van der Waals surface area contributed by atoms with Crippen molar-refractivity contribution in [1.82, 2.24) is 15.1 Å². The molecule has 3 rings (SSSR count). The molecule has 6 heteroatoms. The van der Waals surface area contributed by atoms with E-state index in [2.05, 4.69) is 5.32 Å². The van der Waals surface area contributed by atoms with Crippen LogP contribution in [0.5, 0.6) is 0 Å². The molecular weight excluding hydrogens is 294 g/mol. The van der Waals surface area contributed by atoms with Crippen molar-refractivity contribution in [3.63, 3.8) is 0 Å². The third kappa shape index (κ3) is 3.67. The number of nitrogens with zero attached hydrogens (tertiary/aromatic N) is 2. The fourth-order valence-corrected chi connectivity index (χ4v) is 4.42. The lowest BCUT2D eigenvalue weighted by Crippen LogP contribution is -2.50. The van der Waals surface area contributed by atoms with Crippen LogP contribution >= 0.6 is 0 Å². The van der Waals surface area contributed by atoms with Crippen molar-refractivity contribution in [2.75, 3.05) is 32.7 Å². The number of carbonyl (C=O) groups excluding carboxylic acids is 3. The first-order valence-electron chi connectivity index (χ1n) is 8.85. The van der Waals surface area contributed by atoms with Gasteiger partial charge in [-0.2, -0.15) is 0 Å². The minimum Gasteiger partial charge on any atom is -0.355 e. The van der Waals surface area contributed by atoms with Crippen LogP contribution in [0, 0.1) is 17.8 Å². The van der Waals surface area contributed by atoms with Gasteiger partial charge in [-0.1, -0.05) is 6.42 Å². The van der Waals surface area contributed by atoms with Crippen molar-refractivity contribution in [2.24, 2.45) is 17.8 Å². The Labute approximate surface area is 137 Å². The summed E-state index contributed by atoms with van der Waals surface area (Å²) in [5.74, 6) is 1.80. The first-order valence-corrected chi connectivity index (χ1v) is 8.85. The number of amides is 3. The smallest absolute Gasteiger partial charge is 0.224 e. The first kappa shape index (κ1) is 16.3. The molecule has 3 aliphatic rings. The molecule has 1 heterocycles. The number of fused-ring (bicyclic) bond motifs is 2. The monoisotopic (exact) mass is 321 g/mol. The molecule has 1 saturated heterocycles. The number of rotatable bonds is 4. The molecule has 1 N–H and O–H groups in total. The van der Waals surface area contributed by atoms with E-state index in [0.29, 0.717) is 45.1 Å². The van der Waals surface area contributed by atoms with Gasteiger partial charge < -0.3 is 15.1 Å². The molecule has 3 atom stereocenters. The zero-order valence-corrected chi connectivity index (χ0v) is 13.9. The lowest BCUT2D eigenvalue weighted by Gasteiger charge is -2.34. The average molecular weight is 321 g/mol. The summed E-state index contributed by atoms with van der Waals surface area (Å²) in [5.41, 5.74) is 0. The Hall–Kier alpha value is -1.59. The molecule has 6 nitrogen and oxygen atoms in total. The number of nitrogens with one attached hydrogen (secondary N) is 1. The maximum atomic E-state index is 12.2. The summed E-state index contributed by atoms with van der Waals surface area (Å²) in [6, 6.07) is 0. The van der Waals surface area contributed by atoms with Crippen molar-refractivity contribution < 1.29 is 14.4 Å². The number of piperazine rings is 1. The van der Waals surface area contributed by atoms with Crippen LogP contribution in [-0.2, 0) is 14.4 Å². The lowest BCUT2D eigenvalue weighted by molar-refractivity contribution is -0.138. The molecule has 2 aliphatic carbocycles. The highest BCUT2D eigenvalue weighted by atomic mass is 16.2. The summed E-state index contributed by atoms with van der Waals surface area (Å²) in [6.07, 6.45) is 5.10. The molecule has 0 spiro atoms. The van der Waals surface area contributed by atoms with E-state index in [1.54, 1.807) is 16.7 Å². The summed E-state index contributed by atoms with van der Waals surface area (Å²) in [7, 11) is 0. The van der Waals surface area contributed by atoms with Gasteiger partial charge in [-0.15, -0.1) is 0 Å². The zero-order chi connectivity index (χ0) is 16.4. The van der Waals surface area contributed by atoms with Crippen molar-refractivity contribution >= 4 is 17.7 Å². The van der Waals surface area contributed by atoms with Gasteiger partial charge in [-0.05, 0) is 31.1 Å². The molecule has 3 fully saturated rings. The molecule has 2 saturated carbocycles. The van der Waals surface area contributed by atoms with Gasteiger partial charge in [0, 0.05) is 52.0 Å². The van der Waals surface area contributed by atoms with Gasteiger partial charge in [0.25, 0.3) is 0 Å². The Morgan fingerprint density at radius 2 is 1.70 bits per heavy atom. The topological polar surface area (TPSA) is 69.7 Å². The molecule has 3 amide bonds. The number of carbonyl (C=O) groups is 3. The first-order chi connectivity index (χ1) is 11.0. The normalized spacial score (nSPS) is 29.7.